The molecule has 6 nitrogen and oxygen atoms in total. The molecule has 3 aromatic carbocycles. The monoisotopic (exact) mass is 740 g/mol. The molecule has 1 amide bonds. The Morgan fingerprint density at radius 3 is 2.17 bits per heavy atom. The lowest BCUT2D eigenvalue weighted by Crippen LogP contribution is -2.25. The van der Waals surface area contributed by atoms with E-state index >= 15 is 0 Å². The topological polar surface area (TPSA) is 82.2 Å². The third-order valence-electron chi connectivity index (χ3n) is 8.24. The number of aryl methyl sites for hydroxylation is 1. The number of nitrogens with one attached hydrogen (secondary N) is 1. The fourth-order valence-electron chi connectivity index (χ4n) is 5.66. The molecule has 0 bridgehead atoms. The molecule has 272 valence electrons. The molecule has 0 saturated heterocycles. The Kier molecular flexibility index (Phi) is 12.3. The number of carbonyl (C=O) groups excluding carboxylic acids is 1. The number of rotatable bonds is 14. The van der Waals surface area contributed by atoms with Gasteiger partial charge in [0.1, 0.15) is 5.82 Å². The van der Waals surface area contributed by atoms with Crippen molar-refractivity contribution in [3.05, 3.63) is 123 Å². The van der Waals surface area contributed by atoms with Crippen LogP contribution in [-0.4, -0.2) is 41.8 Å². The molecule has 1 heterocycles. The standard InChI is InChI=1S/C39H35ClF6N4O2/c1-25-9-3-4-10-31(25)34-35(32-11-5-6-12-33(32)40)50(36(49-34)28-21-29(38(41,42)43)23-30(22-28)39(44,45)46)24-26-13-15-27(16-14-26)37(51)48-18-7-2-8-19-52-20-17-47/h3-6,9-13,15,21-23H,2,7-8,17-20,24,47H2,1H3,(H,48,51). The first kappa shape index (κ1) is 38.4. The SMILES string of the molecule is Cc1ccccc1-c1nc(-c2cc(C(F)(F)F)cc(C(F)(F)F)c2)n(CC2=C=C=C(C(=O)NCCCCCOCCN)C=C2)c1-c1ccccc1Cl. The molecule has 0 saturated carbocycles. The van der Waals surface area contributed by atoms with Crippen LogP contribution in [0.4, 0.5) is 26.3 Å². The molecular weight excluding hydrogens is 706 g/mol. The van der Waals surface area contributed by atoms with Crippen LogP contribution in [0.15, 0.2) is 101 Å². The Balaban J connectivity index is 1.62. The maximum atomic E-state index is 14.0. The molecule has 1 aromatic heterocycles. The van der Waals surface area contributed by atoms with E-state index in [9.17, 15) is 31.1 Å². The Morgan fingerprint density at radius 2 is 1.56 bits per heavy atom. The zero-order valence-corrected chi connectivity index (χ0v) is 28.9. The summed E-state index contributed by atoms with van der Waals surface area (Å²) in [6, 6.07) is 15.3. The van der Waals surface area contributed by atoms with Gasteiger partial charge in [-0.1, -0.05) is 65.5 Å². The third kappa shape index (κ3) is 9.33. The van der Waals surface area contributed by atoms with E-state index in [4.69, 9.17) is 27.1 Å². The Bertz CT molecular complexity index is 2040. The number of allylic oxidation sites excluding steroid dienone is 2. The Hall–Kier alpha value is -4.83. The number of nitrogens with zero attached hydrogens (tertiary/aromatic N) is 2. The van der Waals surface area contributed by atoms with Gasteiger partial charge in [-0.3, -0.25) is 4.79 Å². The van der Waals surface area contributed by atoms with Crippen molar-refractivity contribution in [2.45, 2.75) is 45.1 Å². The zero-order valence-electron chi connectivity index (χ0n) is 28.1. The average Bonchev–Trinajstić information content (AvgIpc) is 3.47. The van der Waals surface area contributed by atoms with E-state index in [0.717, 1.165) is 24.8 Å². The van der Waals surface area contributed by atoms with E-state index in [2.05, 4.69) is 16.8 Å². The minimum Gasteiger partial charge on any atom is -0.380 e. The summed E-state index contributed by atoms with van der Waals surface area (Å²) in [6.45, 7) is 3.69. The van der Waals surface area contributed by atoms with Crippen LogP contribution in [0.1, 0.15) is 36.0 Å². The van der Waals surface area contributed by atoms with Crippen LogP contribution in [0.5, 0.6) is 0 Å². The maximum absolute atomic E-state index is 14.0. The fraction of sp³-hybridized carbons (Fsp3) is 0.282. The summed E-state index contributed by atoms with van der Waals surface area (Å²) in [7, 11) is 0. The normalized spacial score (nSPS) is 12.9. The van der Waals surface area contributed by atoms with E-state index in [0.29, 0.717) is 66.5 Å². The number of benzene rings is 3. The number of imidazole rings is 1. The molecular formula is C39H35ClF6N4O2. The van der Waals surface area contributed by atoms with Crippen molar-refractivity contribution < 1.29 is 35.9 Å². The molecule has 52 heavy (non-hydrogen) atoms. The van der Waals surface area contributed by atoms with E-state index < -0.39 is 29.0 Å². The molecule has 13 heteroatoms. The molecule has 0 radical (unpaired) electrons. The van der Waals surface area contributed by atoms with Crippen molar-refractivity contribution in [3.8, 4) is 33.9 Å². The van der Waals surface area contributed by atoms with Crippen LogP contribution in [0.2, 0.25) is 5.02 Å². The summed E-state index contributed by atoms with van der Waals surface area (Å²) in [6.07, 6.45) is -4.60. The van der Waals surface area contributed by atoms with Gasteiger partial charge in [-0.15, -0.1) is 0 Å². The van der Waals surface area contributed by atoms with Crippen molar-refractivity contribution >= 4 is 17.5 Å². The number of carbonyl (C=O) groups is 1. The van der Waals surface area contributed by atoms with Crippen LogP contribution in [-0.2, 0) is 28.4 Å². The lowest BCUT2D eigenvalue weighted by molar-refractivity contribution is -0.143. The number of hydrogen-bond donors (Lipinski definition) is 2. The Morgan fingerprint density at radius 1 is 0.885 bits per heavy atom. The highest BCUT2D eigenvalue weighted by atomic mass is 35.5. The molecule has 4 aromatic rings. The summed E-state index contributed by atoms with van der Waals surface area (Å²) in [5.41, 5.74) is 11.0. The first-order valence-corrected chi connectivity index (χ1v) is 16.9. The number of nitrogens with two attached hydrogens (primary N) is 1. The third-order valence-corrected chi connectivity index (χ3v) is 8.57. The van der Waals surface area contributed by atoms with Gasteiger partial charge in [0, 0.05) is 47.0 Å². The molecule has 5 rings (SSSR count). The smallest absolute Gasteiger partial charge is 0.380 e. The molecule has 3 N–H and O–H groups in total. The second kappa shape index (κ2) is 16.7. The second-order valence-electron chi connectivity index (χ2n) is 12.0. The predicted molar refractivity (Wildman–Crippen MR) is 188 cm³/mol. The molecule has 0 spiro atoms. The highest BCUT2D eigenvalue weighted by Gasteiger charge is 2.38. The number of hydrogen-bond acceptors (Lipinski definition) is 4. The van der Waals surface area contributed by atoms with Crippen LogP contribution in [0.25, 0.3) is 33.9 Å². The lowest BCUT2D eigenvalue weighted by Gasteiger charge is -2.17. The van der Waals surface area contributed by atoms with Gasteiger partial charge >= 0.3 is 12.4 Å². The van der Waals surface area contributed by atoms with E-state index in [-0.39, 0.29) is 34.9 Å². The van der Waals surface area contributed by atoms with Crippen LogP contribution in [0.3, 0.4) is 0 Å². The van der Waals surface area contributed by atoms with Crippen molar-refractivity contribution in [2.24, 2.45) is 5.73 Å². The zero-order chi connectivity index (χ0) is 37.5. The Labute approximate surface area is 302 Å². The van der Waals surface area contributed by atoms with Gasteiger partial charge in [0.15, 0.2) is 0 Å². The van der Waals surface area contributed by atoms with Gasteiger partial charge in [-0.25, -0.2) is 4.98 Å². The minimum atomic E-state index is -5.07. The molecule has 0 atom stereocenters. The summed E-state index contributed by atoms with van der Waals surface area (Å²) in [4.78, 5) is 17.6. The molecule has 1 aliphatic carbocycles. The number of amides is 1. The van der Waals surface area contributed by atoms with Crippen LogP contribution in [0, 0.1) is 6.92 Å². The van der Waals surface area contributed by atoms with Gasteiger partial charge in [-0.05, 0) is 68.2 Å². The van der Waals surface area contributed by atoms with E-state index in [1.54, 1.807) is 48.5 Å². The molecule has 0 fully saturated rings. The molecule has 1 aliphatic rings. The van der Waals surface area contributed by atoms with Crippen molar-refractivity contribution in [1.29, 1.82) is 0 Å². The van der Waals surface area contributed by atoms with Crippen molar-refractivity contribution in [1.82, 2.24) is 14.9 Å². The van der Waals surface area contributed by atoms with Crippen molar-refractivity contribution in [3.63, 3.8) is 0 Å². The summed E-state index contributed by atoms with van der Waals surface area (Å²) in [5, 5.41) is 3.12. The second-order valence-corrected chi connectivity index (χ2v) is 12.5. The predicted octanol–water partition coefficient (Wildman–Crippen LogP) is 9.32. The number of halogens is 7. The molecule has 0 aliphatic heterocycles. The first-order chi connectivity index (χ1) is 24.8. The van der Waals surface area contributed by atoms with Crippen molar-refractivity contribution in [2.75, 3.05) is 26.3 Å². The maximum Gasteiger partial charge on any atom is 0.416 e. The van der Waals surface area contributed by atoms with Gasteiger partial charge in [-0.2, -0.15) is 26.3 Å². The first-order valence-electron chi connectivity index (χ1n) is 16.5. The van der Waals surface area contributed by atoms with E-state index in [1.807, 2.05) is 13.0 Å². The van der Waals surface area contributed by atoms with Crippen LogP contribution < -0.4 is 11.1 Å². The number of ether oxygens (including phenoxy) is 1. The highest BCUT2D eigenvalue weighted by molar-refractivity contribution is 6.33. The number of unbranched alkanes of at least 4 members (excludes halogenated alkanes) is 2. The number of aromatic nitrogens is 2. The van der Waals surface area contributed by atoms with Gasteiger partial charge in [0.25, 0.3) is 5.91 Å². The van der Waals surface area contributed by atoms with Gasteiger partial charge < -0.3 is 20.4 Å². The van der Waals surface area contributed by atoms with Crippen LogP contribution >= 0.6 is 11.6 Å². The summed E-state index contributed by atoms with van der Waals surface area (Å²) in [5.74, 6) is -0.527. The highest BCUT2D eigenvalue weighted by Crippen LogP contribution is 2.43. The van der Waals surface area contributed by atoms with E-state index in [1.165, 1.54) is 10.6 Å². The molecule has 0 unspecified atom stereocenters. The average molecular weight is 741 g/mol. The van der Waals surface area contributed by atoms with Gasteiger partial charge in [0.05, 0.1) is 41.2 Å². The lowest BCUT2D eigenvalue weighted by atomic mass is 10.0. The number of alkyl halides is 6. The largest absolute Gasteiger partial charge is 0.416 e. The van der Waals surface area contributed by atoms with Gasteiger partial charge in [0.2, 0.25) is 0 Å². The summed E-state index contributed by atoms with van der Waals surface area (Å²) >= 11 is 6.70. The summed E-state index contributed by atoms with van der Waals surface area (Å²) < 4.78 is 91.1. The fourth-order valence-corrected chi connectivity index (χ4v) is 5.89. The quantitative estimate of drug-likeness (QED) is 0.0767. The minimum absolute atomic E-state index is 0.0817.